The van der Waals surface area contributed by atoms with Gasteiger partial charge in [-0.15, -0.1) is 0 Å². The maximum absolute atomic E-state index is 13.4. The minimum absolute atomic E-state index is 0.0380. The number of aromatic nitrogens is 6. The molecular formula is C23H16ClFN8O3. The molecule has 0 spiro atoms. The van der Waals surface area contributed by atoms with Gasteiger partial charge in [-0.3, -0.25) is 9.59 Å². The minimum atomic E-state index is -0.544. The lowest BCUT2D eigenvalue weighted by Gasteiger charge is -2.07. The smallest absolute Gasteiger partial charge is 0.277 e. The minimum Gasteiger partial charge on any atom is -0.347 e. The molecule has 3 heterocycles. The zero-order valence-corrected chi connectivity index (χ0v) is 19.3. The topological polar surface area (TPSA) is 140 Å². The Bertz CT molecular complexity index is 1600. The van der Waals surface area contributed by atoms with Gasteiger partial charge in [0.1, 0.15) is 23.5 Å². The van der Waals surface area contributed by atoms with Crippen molar-refractivity contribution in [3.05, 3.63) is 77.0 Å². The SMILES string of the molecule is CC(=O)Nc1ccc(-c2noc(-c3cc(C(=O)NCc4ccc(F)c(Cl)c4)nc4ncnn34)n2)cc1. The molecule has 0 saturated heterocycles. The van der Waals surface area contributed by atoms with Crippen molar-refractivity contribution in [2.45, 2.75) is 13.5 Å². The third-order valence-corrected chi connectivity index (χ3v) is 5.32. The van der Waals surface area contributed by atoms with Crippen molar-refractivity contribution in [1.82, 2.24) is 35.0 Å². The number of hydrogen-bond acceptors (Lipinski definition) is 8. The Balaban J connectivity index is 1.41. The summed E-state index contributed by atoms with van der Waals surface area (Å²) in [5.41, 5.74) is 2.25. The van der Waals surface area contributed by atoms with E-state index in [2.05, 4.69) is 35.8 Å². The molecule has 0 aliphatic carbocycles. The van der Waals surface area contributed by atoms with Gasteiger partial charge in [0, 0.05) is 30.8 Å². The lowest BCUT2D eigenvalue weighted by atomic mass is 10.2. The molecule has 0 radical (unpaired) electrons. The number of amides is 2. The number of carbonyl (C=O) groups is 2. The first kappa shape index (κ1) is 23.1. The molecule has 5 aromatic rings. The quantitative estimate of drug-likeness (QED) is 0.356. The standard InChI is InChI=1S/C23H16ClFN8O3/c1-12(34)29-15-5-3-14(4-6-15)20-31-22(36-32-20)19-9-18(30-23-27-11-28-33(19)23)21(35)26-10-13-2-7-17(25)16(24)8-13/h2-9,11H,10H2,1H3,(H,26,35)(H,29,34). The molecule has 2 N–H and O–H groups in total. The summed E-state index contributed by atoms with van der Waals surface area (Å²) in [6, 6.07) is 12.5. The van der Waals surface area contributed by atoms with Crippen molar-refractivity contribution in [3.8, 4) is 23.0 Å². The van der Waals surface area contributed by atoms with Gasteiger partial charge < -0.3 is 15.2 Å². The van der Waals surface area contributed by atoms with E-state index in [-0.39, 0.29) is 34.8 Å². The molecule has 11 nitrogen and oxygen atoms in total. The van der Waals surface area contributed by atoms with E-state index in [1.54, 1.807) is 24.3 Å². The third kappa shape index (κ3) is 4.74. The van der Waals surface area contributed by atoms with Gasteiger partial charge in [0.05, 0.1) is 5.02 Å². The number of hydrogen-bond donors (Lipinski definition) is 2. The molecule has 2 aromatic carbocycles. The summed E-state index contributed by atoms with van der Waals surface area (Å²) in [6.07, 6.45) is 1.28. The molecule has 0 unspecified atom stereocenters. The van der Waals surface area contributed by atoms with Crippen molar-refractivity contribution in [1.29, 1.82) is 0 Å². The van der Waals surface area contributed by atoms with E-state index in [9.17, 15) is 14.0 Å². The summed E-state index contributed by atoms with van der Waals surface area (Å²) < 4.78 is 20.2. The van der Waals surface area contributed by atoms with Crippen molar-refractivity contribution < 1.29 is 18.5 Å². The second-order valence-electron chi connectivity index (χ2n) is 7.61. The van der Waals surface area contributed by atoms with Crippen molar-refractivity contribution >= 4 is 34.9 Å². The van der Waals surface area contributed by atoms with Crippen LogP contribution in [0.3, 0.4) is 0 Å². The summed E-state index contributed by atoms with van der Waals surface area (Å²) in [5, 5.41) is 13.5. The Labute approximate surface area is 207 Å². The van der Waals surface area contributed by atoms with Crippen LogP contribution in [0.2, 0.25) is 5.02 Å². The first-order chi connectivity index (χ1) is 17.4. The molecule has 5 rings (SSSR count). The van der Waals surface area contributed by atoms with Gasteiger partial charge >= 0.3 is 0 Å². The van der Waals surface area contributed by atoms with E-state index >= 15 is 0 Å². The van der Waals surface area contributed by atoms with E-state index in [4.69, 9.17) is 16.1 Å². The zero-order chi connectivity index (χ0) is 25.2. The fourth-order valence-electron chi connectivity index (χ4n) is 3.35. The third-order valence-electron chi connectivity index (χ3n) is 5.03. The van der Waals surface area contributed by atoms with E-state index in [1.807, 2.05) is 0 Å². The largest absolute Gasteiger partial charge is 0.347 e. The van der Waals surface area contributed by atoms with Crippen LogP contribution in [0.25, 0.3) is 28.8 Å². The van der Waals surface area contributed by atoms with Crippen molar-refractivity contribution in [3.63, 3.8) is 0 Å². The van der Waals surface area contributed by atoms with Crippen molar-refractivity contribution in [2.24, 2.45) is 0 Å². The number of nitrogens with zero attached hydrogens (tertiary/aromatic N) is 6. The summed E-state index contributed by atoms with van der Waals surface area (Å²) >= 11 is 5.80. The number of halogens is 2. The lowest BCUT2D eigenvalue weighted by Crippen LogP contribution is -2.24. The summed E-state index contributed by atoms with van der Waals surface area (Å²) in [6.45, 7) is 1.53. The lowest BCUT2D eigenvalue weighted by molar-refractivity contribution is -0.114. The first-order valence-corrected chi connectivity index (χ1v) is 10.9. The molecule has 36 heavy (non-hydrogen) atoms. The number of nitrogens with one attached hydrogen (secondary N) is 2. The fraction of sp³-hybridized carbons (Fsp3) is 0.0870. The van der Waals surface area contributed by atoms with Crippen LogP contribution in [-0.4, -0.2) is 41.5 Å². The van der Waals surface area contributed by atoms with Gasteiger partial charge in [-0.1, -0.05) is 22.8 Å². The fourth-order valence-corrected chi connectivity index (χ4v) is 3.56. The molecule has 180 valence electrons. The predicted molar refractivity (Wildman–Crippen MR) is 126 cm³/mol. The van der Waals surface area contributed by atoms with E-state index in [0.29, 0.717) is 28.3 Å². The average molecular weight is 507 g/mol. The molecule has 0 aliphatic rings. The summed E-state index contributed by atoms with van der Waals surface area (Å²) in [5.74, 6) is -0.687. The van der Waals surface area contributed by atoms with Gasteiger partial charge in [-0.2, -0.15) is 19.6 Å². The predicted octanol–water partition coefficient (Wildman–Crippen LogP) is 3.52. The molecule has 0 bridgehead atoms. The van der Waals surface area contributed by atoms with Crippen LogP contribution in [-0.2, 0) is 11.3 Å². The van der Waals surface area contributed by atoms with Crippen LogP contribution < -0.4 is 10.6 Å². The van der Waals surface area contributed by atoms with E-state index < -0.39 is 11.7 Å². The molecule has 0 saturated carbocycles. The van der Waals surface area contributed by atoms with Gasteiger partial charge in [-0.25, -0.2) is 9.37 Å². The molecule has 0 fully saturated rings. The zero-order valence-electron chi connectivity index (χ0n) is 18.6. The van der Waals surface area contributed by atoms with Crippen molar-refractivity contribution in [2.75, 3.05) is 5.32 Å². The Morgan fingerprint density at radius 2 is 1.92 bits per heavy atom. The van der Waals surface area contributed by atoms with Gasteiger partial charge in [0.25, 0.3) is 17.6 Å². The number of carbonyl (C=O) groups excluding carboxylic acids is 2. The van der Waals surface area contributed by atoms with Crippen LogP contribution in [0.15, 0.2) is 59.4 Å². The molecule has 13 heteroatoms. The normalized spacial score (nSPS) is 11.0. The summed E-state index contributed by atoms with van der Waals surface area (Å²) in [7, 11) is 0. The second-order valence-corrected chi connectivity index (χ2v) is 8.02. The van der Waals surface area contributed by atoms with E-state index in [0.717, 1.165) is 0 Å². The molecule has 2 amide bonds. The number of benzene rings is 2. The van der Waals surface area contributed by atoms with Gasteiger partial charge in [0.2, 0.25) is 11.7 Å². The Morgan fingerprint density at radius 1 is 1.11 bits per heavy atom. The number of rotatable bonds is 6. The second kappa shape index (κ2) is 9.50. The van der Waals surface area contributed by atoms with E-state index in [1.165, 1.54) is 42.0 Å². The van der Waals surface area contributed by atoms with Crippen LogP contribution in [0.4, 0.5) is 10.1 Å². The Hall–Kier alpha value is -4.71. The first-order valence-electron chi connectivity index (χ1n) is 10.5. The highest BCUT2D eigenvalue weighted by molar-refractivity contribution is 6.30. The molecule has 3 aromatic heterocycles. The van der Waals surface area contributed by atoms with Crippen LogP contribution in [0.1, 0.15) is 23.0 Å². The highest BCUT2D eigenvalue weighted by Crippen LogP contribution is 2.24. The molecule has 0 aliphatic heterocycles. The van der Waals surface area contributed by atoms with Gasteiger partial charge in [0.15, 0.2) is 0 Å². The highest BCUT2D eigenvalue weighted by atomic mass is 35.5. The van der Waals surface area contributed by atoms with Crippen LogP contribution >= 0.6 is 11.6 Å². The van der Waals surface area contributed by atoms with Gasteiger partial charge in [-0.05, 0) is 42.0 Å². The molecular weight excluding hydrogens is 491 g/mol. The maximum atomic E-state index is 13.4. The van der Waals surface area contributed by atoms with Crippen LogP contribution in [0, 0.1) is 5.82 Å². The average Bonchev–Trinajstić information content (AvgIpc) is 3.54. The summed E-state index contributed by atoms with van der Waals surface area (Å²) in [4.78, 5) is 36.7. The molecule has 0 atom stereocenters. The monoisotopic (exact) mass is 506 g/mol. The van der Waals surface area contributed by atoms with Crippen LogP contribution in [0.5, 0.6) is 0 Å². The Morgan fingerprint density at radius 3 is 2.67 bits per heavy atom. The number of fused-ring (bicyclic) bond motifs is 1. The highest BCUT2D eigenvalue weighted by Gasteiger charge is 2.19. The maximum Gasteiger partial charge on any atom is 0.277 e. The Kier molecular flexibility index (Phi) is 6.09. The number of anilines is 1.